The molecule has 1 aromatic carbocycles. The number of hydrogen-bond acceptors (Lipinski definition) is 4. The van der Waals surface area contributed by atoms with Crippen LogP contribution in [0.15, 0.2) is 24.3 Å². The van der Waals surface area contributed by atoms with Crippen molar-refractivity contribution in [3.63, 3.8) is 0 Å². The van der Waals surface area contributed by atoms with E-state index < -0.39 is 5.91 Å². The van der Waals surface area contributed by atoms with Gasteiger partial charge in [-0.25, -0.2) is 0 Å². The number of carbonyl (C=O) groups is 2. The number of anilines is 1. The lowest BCUT2D eigenvalue weighted by Gasteiger charge is -2.06. The van der Waals surface area contributed by atoms with E-state index in [1.54, 1.807) is 24.3 Å². The highest BCUT2D eigenvalue weighted by molar-refractivity contribution is 5.92. The number of benzene rings is 1. The molecular weight excluding hydrogens is 210 g/mol. The van der Waals surface area contributed by atoms with E-state index in [9.17, 15) is 9.59 Å². The van der Waals surface area contributed by atoms with Gasteiger partial charge in [0.05, 0.1) is 6.54 Å². The monoisotopic (exact) mass is 223 g/mol. The zero-order valence-electron chi connectivity index (χ0n) is 8.60. The molecule has 0 aliphatic carbocycles. The number of ether oxygens (including phenoxy) is 1. The van der Waals surface area contributed by atoms with Crippen LogP contribution in [0.4, 0.5) is 5.69 Å². The van der Waals surface area contributed by atoms with Gasteiger partial charge < -0.3 is 21.5 Å². The number of rotatable bonds is 5. The number of carbonyl (C=O) groups excluding carboxylic acids is 2. The zero-order valence-corrected chi connectivity index (χ0v) is 8.60. The molecule has 1 rings (SSSR count). The van der Waals surface area contributed by atoms with Gasteiger partial charge in [-0.15, -0.1) is 0 Å². The minimum atomic E-state index is -0.541. The summed E-state index contributed by atoms with van der Waals surface area (Å²) in [5.41, 5.74) is 10.7. The normalized spacial score (nSPS) is 9.56. The fourth-order valence-corrected chi connectivity index (χ4v) is 1.00. The smallest absolute Gasteiger partial charge is 0.255 e. The van der Waals surface area contributed by atoms with Crippen LogP contribution in [0, 0.1) is 0 Å². The molecule has 0 atom stereocenters. The predicted molar refractivity (Wildman–Crippen MR) is 58.8 cm³/mol. The highest BCUT2D eigenvalue weighted by Crippen LogP contribution is 2.15. The van der Waals surface area contributed by atoms with E-state index >= 15 is 0 Å². The van der Waals surface area contributed by atoms with Crippen molar-refractivity contribution >= 4 is 17.5 Å². The Morgan fingerprint density at radius 3 is 2.38 bits per heavy atom. The average molecular weight is 223 g/mol. The van der Waals surface area contributed by atoms with Crippen LogP contribution in [0.3, 0.4) is 0 Å². The Balaban J connectivity index is 2.54. The molecule has 1 aromatic rings. The molecule has 5 N–H and O–H groups in total. The molecular formula is C10H13N3O3. The van der Waals surface area contributed by atoms with E-state index in [-0.39, 0.29) is 19.1 Å². The molecule has 0 bridgehead atoms. The van der Waals surface area contributed by atoms with Crippen molar-refractivity contribution in [2.75, 3.05) is 18.5 Å². The Kier molecular flexibility index (Phi) is 4.28. The van der Waals surface area contributed by atoms with Gasteiger partial charge in [-0.3, -0.25) is 9.59 Å². The summed E-state index contributed by atoms with van der Waals surface area (Å²) in [6.45, 7) is -0.242. The first-order valence-electron chi connectivity index (χ1n) is 4.63. The van der Waals surface area contributed by atoms with Crippen molar-refractivity contribution in [1.29, 1.82) is 0 Å². The van der Waals surface area contributed by atoms with Gasteiger partial charge in [0.1, 0.15) is 5.75 Å². The molecule has 0 aliphatic rings. The maximum absolute atomic E-state index is 11.0. The van der Waals surface area contributed by atoms with Crippen molar-refractivity contribution in [2.45, 2.75) is 0 Å². The summed E-state index contributed by atoms with van der Waals surface area (Å²) in [6, 6.07) is 6.53. The first-order chi connectivity index (χ1) is 7.61. The van der Waals surface area contributed by atoms with Crippen molar-refractivity contribution < 1.29 is 14.3 Å². The molecule has 0 fully saturated rings. The van der Waals surface area contributed by atoms with Crippen LogP contribution in [0.25, 0.3) is 0 Å². The molecule has 2 amide bonds. The third-order valence-electron chi connectivity index (χ3n) is 1.70. The molecule has 0 saturated carbocycles. The third kappa shape index (κ3) is 3.97. The number of nitrogens with one attached hydrogen (secondary N) is 1. The van der Waals surface area contributed by atoms with Crippen LogP contribution in [0.2, 0.25) is 0 Å². The van der Waals surface area contributed by atoms with Crippen LogP contribution in [-0.2, 0) is 9.59 Å². The molecule has 0 aromatic heterocycles. The van der Waals surface area contributed by atoms with Gasteiger partial charge in [0, 0.05) is 5.69 Å². The Hall–Kier alpha value is -2.08. The summed E-state index contributed by atoms with van der Waals surface area (Å²) in [4.78, 5) is 21.4. The first kappa shape index (κ1) is 12.0. The predicted octanol–water partition coefficient (Wildman–Crippen LogP) is -0.552. The molecule has 0 spiro atoms. The Morgan fingerprint density at radius 1 is 1.25 bits per heavy atom. The molecule has 0 aliphatic heterocycles. The molecule has 6 heteroatoms. The summed E-state index contributed by atoms with van der Waals surface area (Å²) in [6.07, 6.45) is 0. The standard InChI is InChI=1S/C10H13N3O3/c11-5-10(15)13-7-1-3-8(4-2-7)16-6-9(12)14/h1-4H,5-6,11H2,(H2,12,14)(H,13,15). The fourth-order valence-electron chi connectivity index (χ4n) is 1.00. The summed E-state index contributed by atoms with van der Waals surface area (Å²) >= 11 is 0. The maximum Gasteiger partial charge on any atom is 0.255 e. The average Bonchev–Trinajstić information content (AvgIpc) is 2.28. The number of hydrogen-bond donors (Lipinski definition) is 3. The quantitative estimate of drug-likeness (QED) is 0.622. The largest absolute Gasteiger partial charge is 0.484 e. The lowest BCUT2D eigenvalue weighted by atomic mass is 10.3. The summed E-state index contributed by atoms with van der Waals surface area (Å²) in [5, 5.41) is 2.57. The highest BCUT2D eigenvalue weighted by atomic mass is 16.5. The lowest BCUT2D eigenvalue weighted by Crippen LogP contribution is -2.21. The number of amides is 2. The first-order valence-corrected chi connectivity index (χ1v) is 4.63. The van der Waals surface area contributed by atoms with E-state index in [0.29, 0.717) is 11.4 Å². The molecule has 86 valence electrons. The summed E-state index contributed by atoms with van der Waals surface area (Å²) in [5.74, 6) is -0.309. The van der Waals surface area contributed by atoms with Gasteiger partial charge in [0.25, 0.3) is 5.91 Å². The topological polar surface area (TPSA) is 107 Å². The van der Waals surface area contributed by atoms with Crippen LogP contribution in [0.1, 0.15) is 0 Å². The van der Waals surface area contributed by atoms with Gasteiger partial charge in [-0.05, 0) is 24.3 Å². The van der Waals surface area contributed by atoms with Crippen molar-refractivity contribution in [3.05, 3.63) is 24.3 Å². The third-order valence-corrected chi connectivity index (χ3v) is 1.70. The highest BCUT2D eigenvalue weighted by Gasteiger charge is 2.00. The van der Waals surface area contributed by atoms with Crippen LogP contribution >= 0.6 is 0 Å². The second kappa shape index (κ2) is 5.72. The van der Waals surface area contributed by atoms with E-state index in [2.05, 4.69) is 5.32 Å². The van der Waals surface area contributed by atoms with E-state index in [4.69, 9.17) is 16.2 Å². The maximum atomic E-state index is 11.0. The van der Waals surface area contributed by atoms with E-state index in [1.807, 2.05) is 0 Å². The van der Waals surface area contributed by atoms with E-state index in [0.717, 1.165) is 0 Å². The van der Waals surface area contributed by atoms with Gasteiger partial charge in [0.15, 0.2) is 6.61 Å². The number of nitrogens with two attached hydrogens (primary N) is 2. The van der Waals surface area contributed by atoms with Gasteiger partial charge in [0.2, 0.25) is 5.91 Å². The Morgan fingerprint density at radius 2 is 1.88 bits per heavy atom. The Bertz CT molecular complexity index is 375. The van der Waals surface area contributed by atoms with Crippen LogP contribution in [0.5, 0.6) is 5.75 Å². The van der Waals surface area contributed by atoms with Crippen LogP contribution < -0.4 is 21.5 Å². The van der Waals surface area contributed by atoms with Gasteiger partial charge >= 0.3 is 0 Å². The molecule has 0 saturated heterocycles. The summed E-state index contributed by atoms with van der Waals surface area (Å²) < 4.78 is 5.04. The minimum absolute atomic E-state index is 0.0695. The molecule has 16 heavy (non-hydrogen) atoms. The molecule has 6 nitrogen and oxygen atoms in total. The fraction of sp³-hybridized carbons (Fsp3) is 0.200. The number of primary amides is 1. The van der Waals surface area contributed by atoms with Gasteiger partial charge in [-0.2, -0.15) is 0 Å². The van der Waals surface area contributed by atoms with Crippen LogP contribution in [-0.4, -0.2) is 25.0 Å². The zero-order chi connectivity index (χ0) is 12.0. The van der Waals surface area contributed by atoms with E-state index in [1.165, 1.54) is 0 Å². The molecule has 0 heterocycles. The lowest BCUT2D eigenvalue weighted by molar-refractivity contribution is -0.120. The van der Waals surface area contributed by atoms with Crippen molar-refractivity contribution in [2.24, 2.45) is 11.5 Å². The SMILES string of the molecule is NCC(=O)Nc1ccc(OCC(N)=O)cc1. The second-order valence-electron chi connectivity index (χ2n) is 3.03. The Labute approximate surface area is 92.6 Å². The molecule has 0 radical (unpaired) electrons. The molecule has 0 unspecified atom stereocenters. The minimum Gasteiger partial charge on any atom is -0.484 e. The summed E-state index contributed by atoms with van der Waals surface area (Å²) in [7, 11) is 0. The van der Waals surface area contributed by atoms with Gasteiger partial charge in [-0.1, -0.05) is 0 Å². The van der Waals surface area contributed by atoms with Crippen molar-refractivity contribution in [3.8, 4) is 5.75 Å². The second-order valence-corrected chi connectivity index (χ2v) is 3.03. The van der Waals surface area contributed by atoms with Crippen molar-refractivity contribution in [1.82, 2.24) is 0 Å².